The van der Waals surface area contributed by atoms with Gasteiger partial charge in [0.15, 0.2) is 17.4 Å². The molecule has 146 valence electrons. The molecular formula is C20H28N4O2S. The zero-order valence-electron chi connectivity index (χ0n) is 16.2. The van der Waals surface area contributed by atoms with Crippen molar-refractivity contribution in [1.82, 2.24) is 15.1 Å². The van der Waals surface area contributed by atoms with Crippen LogP contribution in [0.1, 0.15) is 32.3 Å². The van der Waals surface area contributed by atoms with E-state index in [1.165, 1.54) is 10.5 Å². The first-order valence-corrected chi connectivity index (χ1v) is 10.5. The molecule has 1 fully saturated rings. The number of nitrogens with one attached hydrogen (secondary N) is 1. The largest absolute Gasteiger partial charge is 0.336 e. The van der Waals surface area contributed by atoms with Gasteiger partial charge in [0, 0.05) is 19.3 Å². The summed E-state index contributed by atoms with van der Waals surface area (Å²) in [4.78, 5) is 32.9. The summed E-state index contributed by atoms with van der Waals surface area (Å²) in [6.07, 6.45) is 2.55. The number of aryl methyl sites for hydroxylation is 1. The van der Waals surface area contributed by atoms with Gasteiger partial charge in [-0.2, -0.15) is 0 Å². The van der Waals surface area contributed by atoms with Gasteiger partial charge in [0.05, 0.1) is 0 Å². The smallest absolute Gasteiger partial charge is 0.325 e. The number of rotatable bonds is 7. The van der Waals surface area contributed by atoms with Crippen LogP contribution in [0.3, 0.4) is 0 Å². The van der Waals surface area contributed by atoms with Gasteiger partial charge < -0.3 is 9.80 Å². The van der Waals surface area contributed by atoms with Gasteiger partial charge in [-0.3, -0.25) is 10.1 Å². The molecule has 1 N–H and O–H groups in total. The Hall–Kier alpha value is -2.02. The van der Waals surface area contributed by atoms with E-state index in [0.29, 0.717) is 5.92 Å². The van der Waals surface area contributed by atoms with Crippen molar-refractivity contribution >= 4 is 28.9 Å². The van der Waals surface area contributed by atoms with Crippen molar-refractivity contribution in [3.63, 3.8) is 0 Å². The Morgan fingerprint density at radius 1 is 1.22 bits per heavy atom. The SMILES string of the molecule is CC(C)CCSC1=NC2C(C(=O)NC(=O)N2C)N1CCCc1ccccc1. The van der Waals surface area contributed by atoms with Crippen molar-refractivity contribution in [2.75, 3.05) is 19.3 Å². The number of likely N-dealkylation sites (N-methyl/N-ethyl adjacent to an activating group) is 1. The topological polar surface area (TPSA) is 65.0 Å². The van der Waals surface area contributed by atoms with Gasteiger partial charge >= 0.3 is 6.03 Å². The van der Waals surface area contributed by atoms with Gasteiger partial charge in [0.2, 0.25) is 0 Å². The molecule has 0 aromatic heterocycles. The predicted octanol–water partition coefficient (Wildman–Crippen LogP) is 2.95. The summed E-state index contributed by atoms with van der Waals surface area (Å²) in [7, 11) is 1.70. The Labute approximate surface area is 165 Å². The Balaban J connectivity index is 1.69. The van der Waals surface area contributed by atoms with Crippen LogP contribution in [-0.2, 0) is 11.2 Å². The molecule has 3 amide bonds. The van der Waals surface area contributed by atoms with Crippen LogP contribution in [0.25, 0.3) is 0 Å². The molecule has 2 unspecified atom stereocenters. The Morgan fingerprint density at radius 2 is 1.96 bits per heavy atom. The van der Waals surface area contributed by atoms with E-state index in [4.69, 9.17) is 4.99 Å². The van der Waals surface area contributed by atoms with Crippen LogP contribution in [-0.4, -0.2) is 58.5 Å². The molecule has 0 aliphatic carbocycles. The number of thioether (sulfide) groups is 1. The number of hydrogen-bond donors (Lipinski definition) is 1. The maximum Gasteiger partial charge on any atom is 0.325 e. The Kier molecular flexibility index (Phi) is 6.42. The molecule has 0 saturated carbocycles. The number of aliphatic imine (C=N–C) groups is 1. The quantitative estimate of drug-likeness (QED) is 0.780. The van der Waals surface area contributed by atoms with Crippen molar-refractivity contribution in [3.8, 4) is 0 Å². The molecule has 0 spiro atoms. The van der Waals surface area contributed by atoms with Crippen LogP contribution < -0.4 is 5.32 Å². The van der Waals surface area contributed by atoms with E-state index in [1.807, 2.05) is 18.2 Å². The van der Waals surface area contributed by atoms with Crippen molar-refractivity contribution in [1.29, 1.82) is 0 Å². The number of carbonyl (C=O) groups excluding carboxylic acids is 2. The van der Waals surface area contributed by atoms with E-state index in [1.54, 1.807) is 18.8 Å². The first-order chi connectivity index (χ1) is 13.0. The predicted molar refractivity (Wildman–Crippen MR) is 110 cm³/mol. The maximum absolute atomic E-state index is 12.5. The number of carbonyl (C=O) groups is 2. The van der Waals surface area contributed by atoms with Crippen molar-refractivity contribution in [2.45, 2.75) is 45.3 Å². The molecule has 3 rings (SSSR count). The standard InChI is InChI=1S/C20H28N4O2S/c1-14(2)11-13-27-20-21-17-16(18(25)22-19(26)23(17)3)24(20)12-7-10-15-8-5-4-6-9-15/h4-6,8-9,14,16-17H,7,10-13H2,1-3H3,(H,22,25,26). The highest BCUT2D eigenvalue weighted by Gasteiger charge is 2.48. The zero-order valence-corrected chi connectivity index (χ0v) is 17.0. The summed E-state index contributed by atoms with van der Waals surface area (Å²) in [5.74, 6) is 1.34. The maximum atomic E-state index is 12.5. The third-order valence-electron chi connectivity index (χ3n) is 4.96. The highest BCUT2D eigenvalue weighted by atomic mass is 32.2. The van der Waals surface area contributed by atoms with E-state index >= 15 is 0 Å². The average Bonchev–Trinajstić information content (AvgIpc) is 3.00. The second-order valence-electron chi connectivity index (χ2n) is 7.49. The molecule has 1 aromatic rings. The fourth-order valence-corrected chi connectivity index (χ4v) is 4.66. The lowest BCUT2D eigenvalue weighted by Gasteiger charge is -2.36. The molecule has 0 bridgehead atoms. The van der Waals surface area contributed by atoms with Crippen LogP contribution >= 0.6 is 11.8 Å². The first-order valence-electron chi connectivity index (χ1n) is 9.56. The monoisotopic (exact) mass is 388 g/mol. The summed E-state index contributed by atoms with van der Waals surface area (Å²) >= 11 is 1.70. The minimum atomic E-state index is -0.426. The molecule has 2 aliphatic rings. The van der Waals surface area contributed by atoms with Gasteiger partial charge in [-0.1, -0.05) is 55.9 Å². The fraction of sp³-hybridized carbons (Fsp3) is 0.550. The number of urea groups is 1. The lowest BCUT2D eigenvalue weighted by Crippen LogP contribution is -2.63. The number of hydrogen-bond acceptors (Lipinski definition) is 5. The number of nitrogens with zero attached hydrogens (tertiary/aromatic N) is 3. The van der Waals surface area contributed by atoms with Gasteiger partial charge in [-0.05, 0) is 30.7 Å². The molecule has 6 nitrogen and oxygen atoms in total. The normalized spacial score (nSPS) is 22.1. The molecule has 2 atom stereocenters. The number of amidine groups is 1. The van der Waals surface area contributed by atoms with Crippen LogP contribution in [0.5, 0.6) is 0 Å². The minimum absolute atomic E-state index is 0.244. The van der Waals surface area contributed by atoms with E-state index in [2.05, 4.69) is 36.2 Å². The first kappa shape index (κ1) is 19.7. The third kappa shape index (κ3) is 4.64. The van der Waals surface area contributed by atoms with Crippen LogP contribution in [0.2, 0.25) is 0 Å². The molecule has 27 heavy (non-hydrogen) atoms. The summed E-state index contributed by atoms with van der Waals surface area (Å²) in [5, 5.41) is 3.34. The van der Waals surface area contributed by atoms with Gasteiger partial charge in [0.1, 0.15) is 0 Å². The van der Waals surface area contributed by atoms with Crippen LogP contribution in [0, 0.1) is 5.92 Å². The third-order valence-corrected chi connectivity index (χ3v) is 5.99. The highest BCUT2D eigenvalue weighted by molar-refractivity contribution is 8.13. The Bertz CT molecular complexity index is 707. The van der Waals surface area contributed by atoms with E-state index < -0.39 is 12.2 Å². The lowest BCUT2D eigenvalue weighted by molar-refractivity contribution is -0.127. The highest BCUT2D eigenvalue weighted by Crippen LogP contribution is 2.29. The van der Waals surface area contributed by atoms with Crippen molar-refractivity contribution in [2.24, 2.45) is 10.9 Å². The van der Waals surface area contributed by atoms with Crippen molar-refractivity contribution in [3.05, 3.63) is 35.9 Å². The number of fused-ring (bicyclic) bond motifs is 1. The van der Waals surface area contributed by atoms with E-state index in [-0.39, 0.29) is 11.9 Å². The zero-order chi connectivity index (χ0) is 19.4. The molecule has 1 aromatic carbocycles. The minimum Gasteiger partial charge on any atom is -0.336 e. The fourth-order valence-electron chi connectivity index (χ4n) is 3.34. The average molecular weight is 389 g/mol. The summed E-state index contributed by atoms with van der Waals surface area (Å²) < 4.78 is 0. The van der Waals surface area contributed by atoms with E-state index in [9.17, 15) is 9.59 Å². The van der Waals surface area contributed by atoms with Crippen molar-refractivity contribution < 1.29 is 9.59 Å². The second-order valence-corrected chi connectivity index (χ2v) is 8.55. The van der Waals surface area contributed by atoms with Crippen LogP contribution in [0.4, 0.5) is 4.79 Å². The van der Waals surface area contributed by atoms with Crippen LogP contribution in [0.15, 0.2) is 35.3 Å². The molecule has 2 aliphatic heterocycles. The summed E-state index contributed by atoms with van der Waals surface area (Å²) in [6, 6.07) is 9.56. The molecule has 0 radical (unpaired) electrons. The van der Waals surface area contributed by atoms with E-state index in [0.717, 1.165) is 36.7 Å². The second kappa shape index (κ2) is 8.78. The molecule has 2 heterocycles. The molecule has 7 heteroatoms. The molecule has 1 saturated heterocycles. The molecular weight excluding hydrogens is 360 g/mol. The Morgan fingerprint density at radius 3 is 2.67 bits per heavy atom. The summed E-state index contributed by atoms with van der Waals surface area (Å²) in [5.41, 5.74) is 1.29. The number of amides is 3. The summed E-state index contributed by atoms with van der Waals surface area (Å²) in [6.45, 7) is 5.15. The number of benzene rings is 1. The number of imide groups is 1. The van der Waals surface area contributed by atoms with Gasteiger partial charge in [-0.15, -0.1) is 0 Å². The van der Waals surface area contributed by atoms with Gasteiger partial charge in [-0.25, -0.2) is 9.79 Å². The van der Waals surface area contributed by atoms with Gasteiger partial charge in [0.25, 0.3) is 5.91 Å². The lowest BCUT2D eigenvalue weighted by atomic mass is 10.1.